The molecule has 0 radical (unpaired) electrons. The Morgan fingerprint density at radius 3 is 2.32 bits per heavy atom. The van der Waals surface area contributed by atoms with Gasteiger partial charge in [-0.15, -0.1) is 24.0 Å². The zero-order valence-electron chi connectivity index (χ0n) is 18.6. The SMILES string of the molecule is CCOc1ccc(CN(C)C(=NC)NCc2ccc(CN3CCCC3=O)cc2)cc1.I. The van der Waals surface area contributed by atoms with Crippen molar-refractivity contribution in [2.24, 2.45) is 4.99 Å². The van der Waals surface area contributed by atoms with Crippen molar-refractivity contribution in [2.75, 3.05) is 27.2 Å². The summed E-state index contributed by atoms with van der Waals surface area (Å²) < 4.78 is 5.50. The summed E-state index contributed by atoms with van der Waals surface area (Å²) in [5.74, 6) is 2.00. The first-order valence-electron chi connectivity index (χ1n) is 10.6. The van der Waals surface area contributed by atoms with E-state index < -0.39 is 0 Å². The fourth-order valence-corrected chi connectivity index (χ4v) is 3.63. The number of ether oxygens (including phenoxy) is 1. The predicted octanol–water partition coefficient (Wildman–Crippen LogP) is 4.03. The van der Waals surface area contributed by atoms with Crippen LogP contribution in [0.25, 0.3) is 0 Å². The van der Waals surface area contributed by atoms with Crippen LogP contribution < -0.4 is 10.1 Å². The van der Waals surface area contributed by atoms with Crippen molar-refractivity contribution in [1.29, 1.82) is 0 Å². The van der Waals surface area contributed by atoms with Crippen LogP contribution in [0.4, 0.5) is 0 Å². The van der Waals surface area contributed by atoms with Gasteiger partial charge in [-0.25, -0.2) is 0 Å². The molecule has 3 rings (SSSR count). The first kappa shape index (κ1) is 25.0. The number of nitrogens with zero attached hydrogens (tertiary/aromatic N) is 3. The third kappa shape index (κ3) is 7.41. The third-order valence-electron chi connectivity index (χ3n) is 5.25. The molecular weight excluding hydrogens is 503 g/mol. The second-order valence-electron chi connectivity index (χ2n) is 7.57. The summed E-state index contributed by atoms with van der Waals surface area (Å²) in [5, 5.41) is 3.42. The Labute approximate surface area is 202 Å². The van der Waals surface area contributed by atoms with Gasteiger partial charge < -0.3 is 19.9 Å². The molecule has 1 amide bonds. The first-order chi connectivity index (χ1) is 14.6. The van der Waals surface area contributed by atoms with E-state index in [1.807, 2.05) is 31.0 Å². The molecule has 0 atom stereocenters. The molecule has 31 heavy (non-hydrogen) atoms. The average Bonchev–Trinajstić information content (AvgIpc) is 3.15. The minimum atomic E-state index is 0. The van der Waals surface area contributed by atoms with Gasteiger partial charge in [0.15, 0.2) is 5.96 Å². The summed E-state index contributed by atoms with van der Waals surface area (Å²) in [6.45, 7) is 5.70. The highest BCUT2D eigenvalue weighted by Crippen LogP contribution is 2.15. The molecule has 0 aliphatic carbocycles. The van der Waals surface area contributed by atoms with Crippen LogP contribution in [-0.4, -0.2) is 48.9 Å². The van der Waals surface area contributed by atoms with E-state index in [1.165, 1.54) is 16.7 Å². The average molecular weight is 536 g/mol. The monoisotopic (exact) mass is 536 g/mol. The summed E-state index contributed by atoms with van der Waals surface area (Å²) in [6.07, 6.45) is 1.66. The molecule has 1 saturated heterocycles. The summed E-state index contributed by atoms with van der Waals surface area (Å²) >= 11 is 0. The van der Waals surface area contributed by atoms with Crippen molar-refractivity contribution >= 4 is 35.8 Å². The van der Waals surface area contributed by atoms with E-state index in [0.29, 0.717) is 26.1 Å². The number of amides is 1. The van der Waals surface area contributed by atoms with Crippen molar-refractivity contribution in [2.45, 2.75) is 39.4 Å². The number of carbonyl (C=O) groups is 1. The smallest absolute Gasteiger partial charge is 0.222 e. The van der Waals surface area contributed by atoms with E-state index in [-0.39, 0.29) is 29.9 Å². The predicted molar refractivity (Wildman–Crippen MR) is 136 cm³/mol. The van der Waals surface area contributed by atoms with Crippen LogP contribution in [0.5, 0.6) is 5.75 Å². The summed E-state index contributed by atoms with van der Waals surface area (Å²) in [7, 11) is 3.83. The molecule has 1 aliphatic heterocycles. The van der Waals surface area contributed by atoms with Crippen molar-refractivity contribution in [3.05, 3.63) is 65.2 Å². The Balaban J connectivity index is 0.00000341. The standard InChI is InChI=1S/C24H32N4O2.HI/c1-4-30-22-13-11-20(12-14-22)17-27(3)24(25-2)26-16-19-7-9-21(10-8-19)18-28-15-5-6-23(28)29;/h7-14H,4-6,15-18H2,1-3H3,(H,25,26);1H. The highest BCUT2D eigenvalue weighted by Gasteiger charge is 2.19. The van der Waals surface area contributed by atoms with Crippen LogP contribution in [0.3, 0.4) is 0 Å². The molecule has 1 aliphatic rings. The molecular formula is C24H33IN4O2. The lowest BCUT2D eigenvalue weighted by Gasteiger charge is -2.22. The van der Waals surface area contributed by atoms with Gasteiger partial charge in [-0.3, -0.25) is 9.79 Å². The van der Waals surface area contributed by atoms with E-state index in [9.17, 15) is 4.79 Å². The van der Waals surface area contributed by atoms with Crippen LogP contribution in [0, 0.1) is 0 Å². The molecule has 0 unspecified atom stereocenters. The van der Waals surface area contributed by atoms with Crippen molar-refractivity contribution in [3.63, 3.8) is 0 Å². The first-order valence-corrected chi connectivity index (χ1v) is 10.6. The van der Waals surface area contributed by atoms with Gasteiger partial charge in [-0.1, -0.05) is 36.4 Å². The Morgan fingerprint density at radius 2 is 1.74 bits per heavy atom. The number of benzene rings is 2. The molecule has 7 heteroatoms. The lowest BCUT2D eigenvalue weighted by molar-refractivity contribution is -0.128. The fourth-order valence-electron chi connectivity index (χ4n) is 3.63. The molecule has 1 N–H and O–H groups in total. The Morgan fingerprint density at radius 1 is 1.10 bits per heavy atom. The molecule has 2 aromatic rings. The molecule has 0 spiro atoms. The Kier molecular flexibility index (Phi) is 10.1. The Bertz CT molecular complexity index is 853. The second kappa shape index (κ2) is 12.5. The number of carbonyl (C=O) groups excluding carboxylic acids is 1. The molecule has 2 aromatic carbocycles. The number of hydrogen-bond acceptors (Lipinski definition) is 3. The minimum Gasteiger partial charge on any atom is -0.494 e. The van der Waals surface area contributed by atoms with Gasteiger partial charge in [0.2, 0.25) is 5.91 Å². The van der Waals surface area contributed by atoms with Gasteiger partial charge in [0, 0.05) is 46.7 Å². The van der Waals surface area contributed by atoms with Gasteiger partial charge in [-0.05, 0) is 42.2 Å². The largest absolute Gasteiger partial charge is 0.494 e. The van der Waals surface area contributed by atoms with E-state index in [1.54, 1.807) is 7.05 Å². The zero-order chi connectivity index (χ0) is 21.3. The van der Waals surface area contributed by atoms with Crippen LogP contribution in [0.15, 0.2) is 53.5 Å². The molecule has 168 valence electrons. The number of guanidine groups is 1. The van der Waals surface area contributed by atoms with Crippen LogP contribution in [-0.2, 0) is 24.4 Å². The normalized spacial score (nSPS) is 13.7. The van der Waals surface area contributed by atoms with Gasteiger partial charge >= 0.3 is 0 Å². The van der Waals surface area contributed by atoms with Gasteiger partial charge in [0.05, 0.1) is 6.61 Å². The van der Waals surface area contributed by atoms with E-state index in [2.05, 4.69) is 51.6 Å². The summed E-state index contributed by atoms with van der Waals surface area (Å²) in [6, 6.07) is 16.6. The number of likely N-dealkylation sites (tertiary alicyclic amines) is 1. The van der Waals surface area contributed by atoms with Crippen molar-refractivity contribution in [3.8, 4) is 5.75 Å². The van der Waals surface area contributed by atoms with E-state index in [4.69, 9.17) is 4.74 Å². The number of halogens is 1. The number of hydrogen-bond donors (Lipinski definition) is 1. The molecule has 1 fully saturated rings. The summed E-state index contributed by atoms with van der Waals surface area (Å²) in [4.78, 5) is 20.2. The van der Waals surface area contributed by atoms with E-state index >= 15 is 0 Å². The highest BCUT2D eigenvalue weighted by molar-refractivity contribution is 14.0. The lowest BCUT2D eigenvalue weighted by Crippen LogP contribution is -2.38. The molecule has 6 nitrogen and oxygen atoms in total. The number of nitrogens with one attached hydrogen (secondary N) is 1. The lowest BCUT2D eigenvalue weighted by atomic mass is 10.1. The highest BCUT2D eigenvalue weighted by atomic mass is 127. The van der Waals surface area contributed by atoms with Gasteiger partial charge in [0.25, 0.3) is 0 Å². The Hall–Kier alpha value is -2.29. The van der Waals surface area contributed by atoms with E-state index in [0.717, 1.165) is 31.2 Å². The van der Waals surface area contributed by atoms with Crippen molar-refractivity contribution in [1.82, 2.24) is 15.1 Å². The third-order valence-corrected chi connectivity index (χ3v) is 5.25. The quantitative estimate of drug-likeness (QED) is 0.315. The second-order valence-corrected chi connectivity index (χ2v) is 7.57. The van der Waals surface area contributed by atoms with Crippen LogP contribution in [0.2, 0.25) is 0 Å². The van der Waals surface area contributed by atoms with Crippen LogP contribution >= 0.6 is 24.0 Å². The topological polar surface area (TPSA) is 57.2 Å². The van der Waals surface area contributed by atoms with Gasteiger partial charge in [0.1, 0.15) is 5.75 Å². The fraction of sp³-hybridized carbons (Fsp3) is 0.417. The minimum absolute atomic E-state index is 0. The van der Waals surface area contributed by atoms with Crippen LogP contribution in [0.1, 0.15) is 36.5 Å². The molecule has 0 saturated carbocycles. The maximum atomic E-state index is 11.8. The molecule has 0 aromatic heterocycles. The van der Waals surface area contributed by atoms with Gasteiger partial charge in [-0.2, -0.15) is 0 Å². The maximum Gasteiger partial charge on any atom is 0.222 e. The molecule has 1 heterocycles. The maximum absolute atomic E-state index is 11.8. The van der Waals surface area contributed by atoms with Crippen molar-refractivity contribution < 1.29 is 9.53 Å². The summed E-state index contributed by atoms with van der Waals surface area (Å²) in [5.41, 5.74) is 3.55. The number of rotatable bonds is 8. The zero-order valence-corrected chi connectivity index (χ0v) is 21.0. The molecule has 0 bridgehead atoms. The number of aliphatic imine (C=N–C) groups is 1.